The minimum Gasteiger partial charge on any atom is -0.449 e. The van der Waals surface area contributed by atoms with Crippen LogP contribution in [0.2, 0.25) is 0 Å². The Kier molecular flexibility index (Phi) is 4.99. The highest BCUT2D eigenvalue weighted by molar-refractivity contribution is 5.99. The fourth-order valence-electron chi connectivity index (χ4n) is 2.92. The molecule has 0 aliphatic rings. The summed E-state index contributed by atoms with van der Waals surface area (Å²) in [5, 5.41) is 1.00. The molecule has 114 valence electrons. The number of hydrogen-bond donors (Lipinski definition) is 1. The zero-order chi connectivity index (χ0) is 15.4. The van der Waals surface area contributed by atoms with Crippen molar-refractivity contribution in [2.75, 3.05) is 0 Å². The monoisotopic (exact) mass is 288 g/mol. The van der Waals surface area contributed by atoms with Gasteiger partial charge in [0.1, 0.15) is 0 Å². The summed E-state index contributed by atoms with van der Waals surface area (Å²) in [6.07, 6.45) is 9.35. The maximum Gasteiger partial charge on any atom is 0.284 e. The number of nitrogens with zero attached hydrogens (tertiary/aromatic N) is 1. The van der Waals surface area contributed by atoms with Gasteiger partial charge in [0.25, 0.3) is 5.91 Å². The number of aryl methyl sites for hydroxylation is 1. The van der Waals surface area contributed by atoms with Crippen LogP contribution in [0.15, 0.2) is 16.8 Å². The van der Waals surface area contributed by atoms with Crippen LogP contribution in [0.25, 0.3) is 11.0 Å². The molecule has 1 amide bonds. The minimum absolute atomic E-state index is 0.256. The molecule has 0 spiro atoms. The highest BCUT2D eigenvalue weighted by Gasteiger charge is 2.24. The molecular weight excluding hydrogens is 264 g/mol. The molecule has 2 heterocycles. The first-order chi connectivity index (χ1) is 10.1. The van der Waals surface area contributed by atoms with Gasteiger partial charge in [-0.15, -0.1) is 0 Å². The van der Waals surface area contributed by atoms with Crippen LogP contribution in [0.1, 0.15) is 73.6 Å². The molecule has 0 saturated heterocycles. The third-order valence-corrected chi connectivity index (χ3v) is 4.03. The van der Waals surface area contributed by atoms with E-state index in [0.29, 0.717) is 11.3 Å². The number of primary amides is 1. The number of rotatable bonds is 7. The molecular formula is C17H24N2O2. The lowest BCUT2D eigenvalue weighted by molar-refractivity contribution is 0.0974. The van der Waals surface area contributed by atoms with Crippen molar-refractivity contribution < 1.29 is 9.21 Å². The van der Waals surface area contributed by atoms with Gasteiger partial charge in [0.05, 0.1) is 6.20 Å². The molecule has 0 radical (unpaired) electrons. The molecule has 1 unspecified atom stereocenters. The van der Waals surface area contributed by atoms with E-state index in [1.807, 2.05) is 6.92 Å². The normalized spacial score (nSPS) is 12.7. The van der Waals surface area contributed by atoms with Gasteiger partial charge in [-0.1, -0.05) is 39.5 Å². The maximum atomic E-state index is 11.7. The lowest BCUT2D eigenvalue weighted by atomic mass is 9.91. The summed E-state index contributed by atoms with van der Waals surface area (Å²) in [5.41, 5.74) is 8.12. The van der Waals surface area contributed by atoms with Crippen molar-refractivity contribution in [2.45, 2.75) is 58.8 Å². The first kappa shape index (κ1) is 15.5. The summed E-state index contributed by atoms with van der Waals surface area (Å²) in [7, 11) is 0. The largest absolute Gasteiger partial charge is 0.449 e. The van der Waals surface area contributed by atoms with E-state index in [1.165, 1.54) is 19.3 Å². The van der Waals surface area contributed by atoms with Crippen molar-refractivity contribution in [1.82, 2.24) is 4.98 Å². The predicted molar refractivity (Wildman–Crippen MR) is 84.4 cm³/mol. The Morgan fingerprint density at radius 1 is 1.33 bits per heavy atom. The molecule has 0 aliphatic heterocycles. The van der Waals surface area contributed by atoms with Crippen molar-refractivity contribution in [3.8, 4) is 0 Å². The van der Waals surface area contributed by atoms with E-state index in [4.69, 9.17) is 10.2 Å². The molecule has 2 N–H and O–H groups in total. The lowest BCUT2D eigenvalue weighted by Crippen LogP contribution is -2.13. The average molecular weight is 288 g/mol. The zero-order valence-corrected chi connectivity index (χ0v) is 13.1. The number of furan rings is 1. The third kappa shape index (κ3) is 3.26. The minimum atomic E-state index is -0.499. The Morgan fingerprint density at radius 3 is 2.76 bits per heavy atom. The van der Waals surface area contributed by atoms with Gasteiger partial charge < -0.3 is 10.2 Å². The summed E-state index contributed by atoms with van der Waals surface area (Å²) in [6, 6.07) is 0. The fourth-order valence-corrected chi connectivity index (χ4v) is 2.92. The Hall–Kier alpha value is -1.84. The maximum absolute atomic E-state index is 11.7. The molecule has 0 aromatic carbocycles. The van der Waals surface area contributed by atoms with Crippen LogP contribution < -0.4 is 5.73 Å². The number of aromatic nitrogens is 1. The molecule has 4 heteroatoms. The van der Waals surface area contributed by atoms with Gasteiger partial charge in [0.15, 0.2) is 11.3 Å². The van der Waals surface area contributed by atoms with Crippen molar-refractivity contribution in [2.24, 2.45) is 5.73 Å². The Balaban J connectivity index is 2.35. The first-order valence-electron chi connectivity index (χ1n) is 7.73. The van der Waals surface area contributed by atoms with Crippen LogP contribution in [0.3, 0.4) is 0 Å². The van der Waals surface area contributed by atoms with Gasteiger partial charge in [-0.3, -0.25) is 9.78 Å². The predicted octanol–water partition coefficient (Wildman–Crippen LogP) is 4.31. The molecule has 21 heavy (non-hydrogen) atoms. The van der Waals surface area contributed by atoms with Crippen LogP contribution >= 0.6 is 0 Å². The van der Waals surface area contributed by atoms with Gasteiger partial charge >= 0.3 is 0 Å². The van der Waals surface area contributed by atoms with E-state index < -0.39 is 5.91 Å². The standard InChI is InChI=1S/C17H24N2O2/c1-4-5-6-7-8-11(2)15-14-12(3)9-19-10-13(14)21-16(15)17(18)20/h9-11H,4-8H2,1-3H3,(H2,18,20). The number of carbonyl (C=O) groups excluding carboxylic acids is 1. The highest BCUT2D eigenvalue weighted by Crippen LogP contribution is 2.35. The SMILES string of the molecule is CCCCCCC(C)c1c(C(N)=O)oc2cncc(C)c12. The second-order valence-electron chi connectivity index (χ2n) is 5.79. The molecule has 2 aromatic heterocycles. The smallest absolute Gasteiger partial charge is 0.284 e. The third-order valence-electron chi connectivity index (χ3n) is 4.03. The summed E-state index contributed by atoms with van der Waals surface area (Å²) in [4.78, 5) is 15.8. The summed E-state index contributed by atoms with van der Waals surface area (Å²) in [5.74, 6) is 0.0526. The van der Waals surface area contributed by atoms with Crippen molar-refractivity contribution in [1.29, 1.82) is 0 Å². The fraction of sp³-hybridized carbons (Fsp3) is 0.529. The van der Waals surface area contributed by atoms with E-state index in [0.717, 1.165) is 29.4 Å². The van der Waals surface area contributed by atoms with Crippen molar-refractivity contribution in [3.05, 3.63) is 29.3 Å². The summed E-state index contributed by atoms with van der Waals surface area (Å²) < 4.78 is 5.65. The van der Waals surface area contributed by atoms with Crippen LogP contribution in [-0.2, 0) is 0 Å². The molecule has 0 fully saturated rings. The Bertz CT molecular complexity index is 631. The van der Waals surface area contributed by atoms with E-state index in [9.17, 15) is 4.79 Å². The van der Waals surface area contributed by atoms with E-state index in [-0.39, 0.29) is 5.92 Å². The Labute approximate surface area is 125 Å². The summed E-state index contributed by atoms with van der Waals surface area (Å²) in [6.45, 7) is 6.33. The van der Waals surface area contributed by atoms with Crippen LogP contribution in [0.4, 0.5) is 0 Å². The molecule has 4 nitrogen and oxygen atoms in total. The first-order valence-corrected chi connectivity index (χ1v) is 7.73. The van der Waals surface area contributed by atoms with Gasteiger partial charge in [0, 0.05) is 17.1 Å². The number of amides is 1. The molecule has 2 aromatic rings. The number of fused-ring (bicyclic) bond motifs is 1. The number of hydrogen-bond acceptors (Lipinski definition) is 3. The zero-order valence-electron chi connectivity index (χ0n) is 13.1. The number of unbranched alkanes of at least 4 members (excludes halogenated alkanes) is 3. The van der Waals surface area contributed by atoms with Gasteiger partial charge in [-0.05, 0) is 24.8 Å². The van der Waals surface area contributed by atoms with Crippen LogP contribution in [0.5, 0.6) is 0 Å². The van der Waals surface area contributed by atoms with E-state index in [2.05, 4.69) is 18.8 Å². The van der Waals surface area contributed by atoms with Gasteiger partial charge in [-0.25, -0.2) is 0 Å². The van der Waals surface area contributed by atoms with Gasteiger partial charge in [-0.2, -0.15) is 0 Å². The lowest BCUT2D eigenvalue weighted by Gasteiger charge is -2.12. The second kappa shape index (κ2) is 6.74. The highest BCUT2D eigenvalue weighted by atomic mass is 16.3. The van der Waals surface area contributed by atoms with Crippen molar-refractivity contribution >= 4 is 16.9 Å². The van der Waals surface area contributed by atoms with Crippen LogP contribution in [-0.4, -0.2) is 10.9 Å². The number of pyridine rings is 1. The molecule has 0 aliphatic carbocycles. The quantitative estimate of drug-likeness (QED) is 0.772. The number of nitrogens with two attached hydrogens (primary N) is 1. The number of carbonyl (C=O) groups is 1. The second-order valence-corrected chi connectivity index (χ2v) is 5.79. The topological polar surface area (TPSA) is 69.1 Å². The van der Waals surface area contributed by atoms with E-state index in [1.54, 1.807) is 12.4 Å². The average Bonchev–Trinajstić information content (AvgIpc) is 2.84. The summed E-state index contributed by atoms with van der Waals surface area (Å²) >= 11 is 0. The van der Waals surface area contributed by atoms with Gasteiger partial charge in [0.2, 0.25) is 0 Å². The van der Waals surface area contributed by atoms with E-state index >= 15 is 0 Å². The van der Waals surface area contributed by atoms with Crippen LogP contribution in [0, 0.1) is 6.92 Å². The molecule has 2 rings (SSSR count). The molecule has 0 bridgehead atoms. The molecule has 1 atom stereocenters. The molecule has 0 saturated carbocycles. The Morgan fingerprint density at radius 2 is 2.10 bits per heavy atom. The van der Waals surface area contributed by atoms with Crippen molar-refractivity contribution in [3.63, 3.8) is 0 Å².